The van der Waals surface area contributed by atoms with Crippen molar-refractivity contribution < 1.29 is 4.92 Å². The second-order valence-electron chi connectivity index (χ2n) is 3.20. The molecule has 0 fully saturated rings. The fourth-order valence-electron chi connectivity index (χ4n) is 1.22. The third kappa shape index (κ3) is 2.22. The van der Waals surface area contributed by atoms with E-state index in [-0.39, 0.29) is 5.69 Å². The summed E-state index contributed by atoms with van der Waals surface area (Å²) in [7, 11) is 1.88. The number of hydrogen-bond donors (Lipinski definition) is 0. The maximum atomic E-state index is 10.6. The molecule has 1 aromatic heterocycles. The number of nitro groups is 1. The molecule has 5 nitrogen and oxygen atoms in total. The molecule has 2 aromatic rings. The van der Waals surface area contributed by atoms with E-state index in [0.717, 1.165) is 9.92 Å². The van der Waals surface area contributed by atoms with Crippen molar-refractivity contribution in [2.45, 2.75) is 9.92 Å². The first-order valence-electron chi connectivity index (χ1n) is 4.55. The van der Waals surface area contributed by atoms with Gasteiger partial charge in [0.2, 0.25) is 0 Å². The maximum Gasteiger partial charge on any atom is 0.270 e. The van der Waals surface area contributed by atoms with E-state index in [2.05, 4.69) is 4.98 Å². The van der Waals surface area contributed by atoms with Gasteiger partial charge in [-0.05, 0) is 6.07 Å². The van der Waals surface area contributed by atoms with Gasteiger partial charge in [0, 0.05) is 24.1 Å². The summed E-state index contributed by atoms with van der Waals surface area (Å²) in [6.07, 6.45) is 3.42. The van der Waals surface area contributed by atoms with Gasteiger partial charge in [-0.3, -0.25) is 10.1 Å². The smallest absolute Gasteiger partial charge is 0.270 e. The molecular formula is C10H9N3O2S. The SMILES string of the molecule is Cn1cncc1Sc1cccc([N+](=O)[O-])c1. The predicted octanol–water partition coefficient (Wildman–Crippen LogP) is 2.48. The molecule has 0 aliphatic heterocycles. The van der Waals surface area contributed by atoms with Crippen LogP contribution >= 0.6 is 11.8 Å². The van der Waals surface area contributed by atoms with Gasteiger partial charge in [0.05, 0.1) is 22.5 Å². The number of aromatic nitrogens is 2. The average Bonchev–Trinajstić information content (AvgIpc) is 2.65. The van der Waals surface area contributed by atoms with Crippen molar-refractivity contribution in [2.75, 3.05) is 0 Å². The van der Waals surface area contributed by atoms with Crippen molar-refractivity contribution in [3.63, 3.8) is 0 Å². The van der Waals surface area contributed by atoms with E-state index < -0.39 is 4.92 Å². The lowest BCUT2D eigenvalue weighted by atomic mass is 10.3. The summed E-state index contributed by atoms with van der Waals surface area (Å²) in [5, 5.41) is 11.5. The third-order valence-corrected chi connectivity index (χ3v) is 3.12. The van der Waals surface area contributed by atoms with Crippen molar-refractivity contribution >= 4 is 17.4 Å². The summed E-state index contributed by atoms with van der Waals surface area (Å²) < 4.78 is 1.86. The van der Waals surface area contributed by atoms with Crippen LogP contribution in [0.5, 0.6) is 0 Å². The first kappa shape index (κ1) is 10.7. The largest absolute Gasteiger partial charge is 0.329 e. The Morgan fingerprint density at radius 3 is 2.94 bits per heavy atom. The monoisotopic (exact) mass is 235 g/mol. The second-order valence-corrected chi connectivity index (χ2v) is 4.29. The van der Waals surface area contributed by atoms with Crippen LogP contribution in [0.4, 0.5) is 5.69 Å². The van der Waals surface area contributed by atoms with Crippen LogP contribution in [0.25, 0.3) is 0 Å². The van der Waals surface area contributed by atoms with Crippen LogP contribution < -0.4 is 0 Å². The van der Waals surface area contributed by atoms with E-state index >= 15 is 0 Å². The van der Waals surface area contributed by atoms with Gasteiger partial charge < -0.3 is 4.57 Å². The highest BCUT2D eigenvalue weighted by Crippen LogP contribution is 2.29. The lowest BCUT2D eigenvalue weighted by Crippen LogP contribution is -1.89. The van der Waals surface area contributed by atoms with Gasteiger partial charge in [-0.25, -0.2) is 4.98 Å². The van der Waals surface area contributed by atoms with Crippen LogP contribution in [0.2, 0.25) is 0 Å². The molecule has 0 N–H and O–H groups in total. The number of hydrogen-bond acceptors (Lipinski definition) is 4. The Labute approximate surface area is 96.3 Å². The molecule has 0 atom stereocenters. The van der Waals surface area contributed by atoms with E-state index in [9.17, 15) is 10.1 Å². The summed E-state index contributed by atoms with van der Waals surface area (Å²) in [4.78, 5) is 15.0. The number of non-ortho nitro benzene ring substituents is 1. The van der Waals surface area contributed by atoms with Gasteiger partial charge in [-0.2, -0.15) is 0 Å². The Balaban J connectivity index is 2.25. The molecule has 0 saturated heterocycles. The third-order valence-electron chi connectivity index (χ3n) is 2.02. The van der Waals surface area contributed by atoms with Crippen LogP contribution in [0.15, 0.2) is 46.7 Å². The average molecular weight is 235 g/mol. The molecule has 2 rings (SSSR count). The molecule has 0 saturated carbocycles. The number of rotatable bonds is 3. The van der Waals surface area contributed by atoms with Crippen molar-refractivity contribution in [3.8, 4) is 0 Å². The number of benzene rings is 1. The van der Waals surface area contributed by atoms with Crippen LogP contribution in [-0.2, 0) is 7.05 Å². The maximum absolute atomic E-state index is 10.6. The minimum atomic E-state index is -0.396. The van der Waals surface area contributed by atoms with Crippen molar-refractivity contribution in [2.24, 2.45) is 7.05 Å². The molecule has 16 heavy (non-hydrogen) atoms. The van der Waals surface area contributed by atoms with Gasteiger partial charge in [0.1, 0.15) is 0 Å². The topological polar surface area (TPSA) is 61.0 Å². The molecule has 6 heteroatoms. The standard InChI is InChI=1S/C10H9N3O2S/c1-12-7-11-6-10(12)16-9-4-2-3-8(5-9)13(14)15/h2-7H,1H3. The highest BCUT2D eigenvalue weighted by Gasteiger charge is 2.07. The first-order chi connectivity index (χ1) is 7.66. The van der Waals surface area contributed by atoms with Crippen LogP contribution in [0, 0.1) is 10.1 Å². The molecule has 1 aromatic carbocycles. The quantitative estimate of drug-likeness (QED) is 0.605. The van der Waals surface area contributed by atoms with Gasteiger partial charge in [-0.15, -0.1) is 0 Å². The summed E-state index contributed by atoms with van der Waals surface area (Å²) in [5.74, 6) is 0. The molecule has 1 heterocycles. The van der Waals surface area contributed by atoms with Gasteiger partial charge in [0.25, 0.3) is 5.69 Å². The van der Waals surface area contributed by atoms with Crippen molar-refractivity contribution in [1.82, 2.24) is 9.55 Å². The normalized spacial score (nSPS) is 10.3. The predicted molar refractivity (Wildman–Crippen MR) is 60.4 cm³/mol. The number of imidazole rings is 1. The summed E-state index contributed by atoms with van der Waals surface area (Å²) in [5.41, 5.74) is 0.104. The number of nitrogens with zero attached hydrogens (tertiary/aromatic N) is 3. The van der Waals surface area contributed by atoms with E-state index in [0.29, 0.717) is 0 Å². The van der Waals surface area contributed by atoms with E-state index in [1.54, 1.807) is 24.7 Å². The number of nitro benzene ring substituents is 1. The fourth-order valence-corrected chi connectivity index (χ4v) is 2.10. The molecule has 0 spiro atoms. The van der Waals surface area contributed by atoms with Gasteiger partial charge >= 0.3 is 0 Å². The number of aryl methyl sites for hydroxylation is 1. The Morgan fingerprint density at radius 1 is 1.50 bits per heavy atom. The summed E-state index contributed by atoms with van der Waals surface area (Å²) >= 11 is 1.45. The molecule has 0 amide bonds. The minimum absolute atomic E-state index is 0.104. The molecule has 0 aliphatic rings. The Kier molecular flexibility index (Phi) is 2.91. The molecule has 0 radical (unpaired) electrons. The van der Waals surface area contributed by atoms with Gasteiger partial charge in [-0.1, -0.05) is 17.8 Å². The second kappa shape index (κ2) is 4.36. The van der Waals surface area contributed by atoms with E-state index in [4.69, 9.17) is 0 Å². The minimum Gasteiger partial charge on any atom is -0.329 e. The Bertz CT molecular complexity index is 524. The molecule has 0 aliphatic carbocycles. The fraction of sp³-hybridized carbons (Fsp3) is 0.100. The molecular weight excluding hydrogens is 226 g/mol. The molecule has 0 bridgehead atoms. The van der Waals surface area contributed by atoms with Crippen molar-refractivity contribution in [1.29, 1.82) is 0 Å². The summed E-state index contributed by atoms with van der Waals surface area (Å²) in [6.45, 7) is 0. The zero-order valence-corrected chi connectivity index (χ0v) is 9.35. The Morgan fingerprint density at radius 2 is 2.31 bits per heavy atom. The van der Waals surface area contributed by atoms with Crippen LogP contribution in [-0.4, -0.2) is 14.5 Å². The lowest BCUT2D eigenvalue weighted by Gasteiger charge is -2.01. The van der Waals surface area contributed by atoms with Crippen LogP contribution in [0.3, 0.4) is 0 Å². The zero-order valence-electron chi connectivity index (χ0n) is 8.53. The molecule has 82 valence electrons. The van der Waals surface area contributed by atoms with E-state index in [1.807, 2.05) is 17.7 Å². The van der Waals surface area contributed by atoms with E-state index in [1.165, 1.54) is 17.8 Å². The Hall–Kier alpha value is -1.82. The van der Waals surface area contributed by atoms with Gasteiger partial charge in [0.15, 0.2) is 0 Å². The van der Waals surface area contributed by atoms with Crippen LogP contribution in [0.1, 0.15) is 0 Å². The van der Waals surface area contributed by atoms with Crippen molar-refractivity contribution in [3.05, 3.63) is 46.9 Å². The summed E-state index contributed by atoms with van der Waals surface area (Å²) in [6, 6.07) is 6.55. The highest BCUT2D eigenvalue weighted by molar-refractivity contribution is 7.99. The zero-order chi connectivity index (χ0) is 11.5. The highest BCUT2D eigenvalue weighted by atomic mass is 32.2. The molecule has 0 unspecified atom stereocenters. The first-order valence-corrected chi connectivity index (χ1v) is 5.37. The lowest BCUT2D eigenvalue weighted by molar-refractivity contribution is -0.385.